The molecule has 0 atom stereocenters. The average Bonchev–Trinajstić information content (AvgIpc) is 2.60. The minimum absolute atomic E-state index is 0.00448. The molecule has 0 bridgehead atoms. The van der Waals surface area contributed by atoms with Gasteiger partial charge in [0.2, 0.25) is 5.70 Å². The molecule has 1 N–H and O–H groups in total. The molecule has 0 saturated heterocycles. The summed E-state index contributed by atoms with van der Waals surface area (Å²) < 4.78 is 18.4. The van der Waals surface area contributed by atoms with E-state index in [0.717, 1.165) is 17.7 Å². The standard InChI is InChI=1S/C18H14FN3O3/c1-12(23)17(18(24)25-11-13-5-3-2-4-6-13)22-21-16-8-14(10-20)7-15(19)9-16/h2-9,23H,11H2,1H3. The van der Waals surface area contributed by atoms with E-state index in [0.29, 0.717) is 0 Å². The number of azo groups is 1. The molecule has 0 aliphatic rings. The highest BCUT2D eigenvalue weighted by Gasteiger charge is 2.15. The Morgan fingerprint density at radius 1 is 1.28 bits per heavy atom. The number of halogens is 1. The maximum absolute atomic E-state index is 13.4. The summed E-state index contributed by atoms with van der Waals surface area (Å²) in [6, 6.07) is 14.2. The molecule has 0 amide bonds. The number of aliphatic hydroxyl groups is 1. The Balaban J connectivity index is 2.13. The van der Waals surface area contributed by atoms with Gasteiger partial charge >= 0.3 is 5.97 Å². The van der Waals surface area contributed by atoms with Crippen LogP contribution in [0, 0.1) is 17.1 Å². The smallest absolute Gasteiger partial charge is 0.362 e. The molecule has 25 heavy (non-hydrogen) atoms. The fourth-order valence-electron chi connectivity index (χ4n) is 1.86. The molecule has 2 aromatic rings. The van der Waals surface area contributed by atoms with Gasteiger partial charge in [-0.15, -0.1) is 5.11 Å². The van der Waals surface area contributed by atoms with E-state index < -0.39 is 23.2 Å². The first-order valence-corrected chi connectivity index (χ1v) is 7.23. The lowest BCUT2D eigenvalue weighted by Crippen LogP contribution is -2.08. The molecule has 0 saturated carbocycles. The van der Waals surface area contributed by atoms with Crippen molar-refractivity contribution in [3.05, 3.63) is 76.9 Å². The molecule has 0 heterocycles. The van der Waals surface area contributed by atoms with Crippen molar-refractivity contribution in [3.63, 3.8) is 0 Å². The van der Waals surface area contributed by atoms with Gasteiger partial charge in [0.15, 0.2) is 0 Å². The van der Waals surface area contributed by atoms with Crippen molar-refractivity contribution in [1.82, 2.24) is 0 Å². The van der Waals surface area contributed by atoms with E-state index in [2.05, 4.69) is 10.2 Å². The van der Waals surface area contributed by atoms with E-state index in [9.17, 15) is 14.3 Å². The van der Waals surface area contributed by atoms with Crippen LogP contribution in [0.5, 0.6) is 0 Å². The topological polar surface area (TPSA) is 95.0 Å². The van der Waals surface area contributed by atoms with Crippen molar-refractivity contribution in [3.8, 4) is 6.07 Å². The van der Waals surface area contributed by atoms with Crippen LogP contribution in [0.25, 0.3) is 0 Å². The molecule has 6 nitrogen and oxygen atoms in total. The zero-order valence-corrected chi connectivity index (χ0v) is 13.3. The molecule has 0 spiro atoms. The van der Waals surface area contributed by atoms with Crippen LogP contribution in [0.2, 0.25) is 0 Å². The van der Waals surface area contributed by atoms with Crippen molar-refractivity contribution in [2.75, 3.05) is 0 Å². The molecule has 0 unspecified atom stereocenters. The molecule has 2 aromatic carbocycles. The van der Waals surface area contributed by atoms with E-state index in [1.807, 2.05) is 6.07 Å². The highest BCUT2D eigenvalue weighted by Crippen LogP contribution is 2.19. The number of allylic oxidation sites excluding steroid dienone is 1. The first-order chi connectivity index (χ1) is 12.0. The van der Waals surface area contributed by atoms with Gasteiger partial charge in [0.25, 0.3) is 0 Å². The largest absolute Gasteiger partial charge is 0.510 e. The minimum atomic E-state index is -0.871. The van der Waals surface area contributed by atoms with Gasteiger partial charge in [-0.25, -0.2) is 9.18 Å². The first-order valence-electron chi connectivity index (χ1n) is 7.23. The van der Waals surface area contributed by atoms with Gasteiger partial charge in [0, 0.05) is 6.07 Å². The average molecular weight is 339 g/mol. The molecule has 0 aromatic heterocycles. The van der Waals surface area contributed by atoms with Gasteiger partial charge in [-0.05, 0) is 24.6 Å². The summed E-state index contributed by atoms with van der Waals surface area (Å²) in [6.45, 7) is 1.26. The predicted molar refractivity (Wildman–Crippen MR) is 87.2 cm³/mol. The number of ether oxygens (including phenoxy) is 1. The van der Waals surface area contributed by atoms with E-state index in [4.69, 9.17) is 10.00 Å². The summed E-state index contributed by atoms with van der Waals surface area (Å²) in [7, 11) is 0. The van der Waals surface area contributed by atoms with Crippen molar-refractivity contribution >= 4 is 11.7 Å². The van der Waals surface area contributed by atoms with Crippen LogP contribution in [-0.4, -0.2) is 11.1 Å². The van der Waals surface area contributed by atoms with Crippen LogP contribution in [0.15, 0.2) is 70.2 Å². The minimum Gasteiger partial charge on any atom is -0.510 e. The zero-order valence-electron chi connectivity index (χ0n) is 13.3. The lowest BCUT2D eigenvalue weighted by Gasteiger charge is -2.05. The summed E-state index contributed by atoms with van der Waals surface area (Å²) >= 11 is 0. The monoisotopic (exact) mass is 339 g/mol. The highest BCUT2D eigenvalue weighted by molar-refractivity contribution is 5.88. The molecular weight excluding hydrogens is 325 g/mol. The third kappa shape index (κ3) is 5.25. The lowest BCUT2D eigenvalue weighted by atomic mass is 10.2. The Kier molecular flexibility index (Phi) is 5.96. The summed E-state index contributed by atoms with van der Waals surface area (Å²) in [4.78, 5) is 12.0. The first kappa shape index (κ1) is 17.8. The molecular formula is C18H14FN3O3. The van der Waals surface area contributed by atoms with Crippen LogP contribution in [-0.2, 0) is 16.1 Å². The second-order valence-electron chi connectivity index (χ2n) is 5.01. The van der Waals surface area contributed by atoms with Crippen LogP contribution < -0.4 is 0 Å². The Bertz CT molecular complexity index is 867. The van der Waals surface area contributed by atoms with Crippen molar-refractivity contribution in [2.24, 2.45) is 10.2 Å². The van der Waals surface area contributed by atoms with E-state index in [1.54, 1.807) is 30.3 Å². The summed E-state index contributed by atoms with van der Waals surface area (Å²) in [6.07, 6.45) is 0. The van der Waals surface area contributed by atoms with Gasteiger partial charge in [-0.3, -0.25) is 0 Å². The fourth-order valence-corrected chi connectivity index (χ4v) is 1.86. The van der Waals surface area contributed by atoms with Crippen LogP contribution in [0.1, 0.15) is 18.1 Å². The normalized spacial score (nSPS) is 11.7. The fraction of sp³-hybridized carbons (Fsp3) is 0.111. The molecule has 0 radical (unpaired) electrons. The Morgan fingerprint density at radius 2 is 2.00 bits per heavy atom. The van der Waals surface area contributed by atoms with Gasteiger partial charge < -0.3 is 9.84 Å². The molecule has 0 aliphatic carbocycles. The van der Waals surface area contributed by atoms with E-state index in [-0.39, 0.29) is 17.9 Å². The number of nitriles is 1. The quantitative estimate of drug-likeness (QED) is 0.380. The van der Waals surface area contributed by atoms with Gasteiger partial charge in [-0.1, -0.05) is 30.3 Å². The third-order valence-electron chi connectivity index (χ3n) is 3.03. The van der Waals surface area contributed by atoms with Crippen molar-refractivity contribution in [2.45, 2.75) is 13.5 Å². The number of rotatable bonds is 5. The highest BCUT2D eigenvalue weighted by atomic mass is 19.1. The van der Waals surface area contributed by atoms with E-state index >= 15 is 0 Å². The van der Waals surface area contributed by atoms with Crippen LogP contribution >= 0.6 is 0 Å². The molecule has 7 heteroatoms. The number of aliphatic hydroxyl groups excluding tert-OH is 1. The van der Waals surface area contributed by atoms with E-state index in [1.165, 1.54) is 13.0 Å². The Hall–Kier alpha value is -3.53. The molecule has 2 rings (SSSR count). The molecule has 0 fully saturated rings. The summed E-state index contributed by atoms with van der Waals surface area (Å²) in [5.41, 5.74) is 0.461. The maximum Gasteiger partial charge on any atom is 0.362 e. The summed E-state index contributed by atoms with van der Waals surface area (Å²) in [5.74, 6) is -1.92. The predicted octanol–water partition coefficient (Wildman–Crippen LogP) is 4.31. The maximum atomic E-state index is 13.4. The number of nitrogens with zero attached hydrogens (tertiary/aromatic N) is 3. The van der Waals surface area contributed by atoms with Crippen LogP contribution in [0.3, 0.4) is 0 Å². The number of benzene rings is 2. The summed E-state index contributed by atoms with van der Waals surface area (Å²) in [5, 5.41) is 25.7. The number of carbonyl (C=O) groups is 1. The number of carbonyl (C=O) groups excluding carboxylic acids is 1. The van der Waals surface area contributed by atoms with Gasteiger partial charge in [0.1, 0.15) is 18.2 Å². The Morgan fingerprint density at radius 3 is 2.64 bits per heavy atom. The second kappa shape index (κ2) is 8.36. The number of hydrogen-bond donors (Lipinski definition) is 1. The molecule has 126 valence electrons. The number of hydrogen-bond acceptors (Lipinski definition) is 6. The second-order valence-corrected chi connectivity index (χ2v) is 5.01. The van der Waals surface area contributed by atoms with Crippen molar-refractivity contribution in [1.29, 1.82) is 5.26 Å². The number of esters is 1. The van der Waals surface area contributed by atoms with Gasteiger partial charge in [0.05, 0.1) is 17.3 Å². The SMILES string of the molecule is CC(O)=C(N=Nc1cc(F)cc(C#N)c1)C(=O)OCc1ccccc1. The molecule has 0 aliphatic heterocycles. The third-order valence-corrected chi connectivity index (χ3v) is 3.03. The lowest BCUT2D eigenvalue weighted by molar-refractivity contribution is -0.140. The zero-order chi connectivity index (χ0) is 18.2. The van der Waals surface area contributed by atoms with Gasteiger partial charge in [-0.2, -0.15) is 10.4 Å². The van der Waals surface area contributed by atoms with Crippen molar-refractivity contribution < 1.29 is 19.0 Å². The van der Waals surface area contributed by atoms with Crippen LogP contribution in [0.4, 0.5) is 10.1 Å². The Labute approximate surface area is 143 Å².